The molecular weight excluding hydrogens is 329 g/mol. The minimum Gasteiger partial charge on any atom is -0.465 e. The summed E-state index contributed by atoms with van der Waals surface area (Å²) < 4.78 is 19.0. The third-order valence-corrected chi connectivity index (χ3v) is 3.33. The minimum atomic E-state index is -0.626. The molecule has 0 spiro atoms. The first-order chi connectivity index (χ1) is 9.38. The fraction of sp³-hybridized carbons (Fsp3) is 0.429. The van der Waals surface area contributed by atoms with Gasteiger partial charge in [0.1, 0.15) is 12.4 Å². The molecular formula is C14H17BrFNO3. The van der Waals surface area contributed by atoms with Crippen LogP contribution >= 0.6 is 15.9 Å². The van der Waals surface area contributed by atoms with Gasteiger partial charge >= 0.3 is 5.97 Å². The molecule has 0 N–H and O–H groups in total. The quantitative estimate of drug-likeness (QED) is 0.770. The van der Waals surface area contributed by atoms with Gasteiger partial charge in [0.25, 0.3) is 5.91 Å². The van der Waals surface area contributed by atoms with Crippen molar-refractivity contribution >= 4 is 27.8 Å². The summed E-state index contributed by atoms with van der Waals surface area (Å²) in [5.41, 5.74) is -0.0782. The predicted octanol–water partition coefficient (Wildman–Crippen LogP) is 3.00. The van der Waals surface area contributed by atoms with Crippen molar-refractivity contribution in [2.24, 2.45) is 0 Å². The zero-order valence-electron chi connectivity index (χ0n) is 11.7. The van der Waals surface area contributed by atoms with Gasteiger partial charge in [-0.1, -0.05) is 6.07 Å². The third-order valence-electron chi connectivity index (χ3n) is 2.67. The van der Waals surface area contributed by atoms with Gasteiger partial charge in [-0.25, -0.2) is 4.39 Å². The third kappa shape index (κ3) is 4.03. The van der Waals surface area contributed by atoms with Gasteiger partial charge < -0.3 is 9.64 Å². The smallest absolute Gasteiger partial charge is 0.325 e. The van der Waals surface area contributed by atoms with Crippen molar-refractivity contribution < 1.29 is 18.7 Å². The fourth-order valence-corrected chi connectivity index (χ4v) is 2.19. The van der Waals surface area contributed by atoms with Gasteiger partial charge in [-0.05, 0) is 48.8 Å². The second-order valence-electron chi connectivity index (χ2n) is 4.43. The first kappa shape index (κ1) is 16.6. The number of nitrogens with zero attached hydrogens (tertiary/aromatic N) is 1. The van der Waals surface area contributed by atoms with Crippen LogP contribution < -0.4 is 0 Å². The molecule has 0 saturated heterocycles. The molecule has 0 aliphatic heterocycles. The summed E-state index contributed by atoms with van der Waals surface area (Å²) in [4.78, 5) is 25.2. The van der Waals surface area contributed by atoms with E-state index in [-0.39, 0.29) is 24.8 Å². The Morgan fingerprint density at radius 1 is 1.40 bits per heavy atom. The minimum absolute atomic E-state index is 0.0782. The van der Waals surface area contributed by atoms with Crippen LogP contribution in [0.5, 0.6) is 0 Å². The van der Waals surface area contributed by atoms with Crippen molar-refractivity contribution in [1.29, 1.82) is 0 Å². The molecule has 1 rings (SSSR count). The number of esters is 1. The number of amides is 1. The SMILES string of the molecule is CCOC(=O)CN(C(=O)c1c(F)cccc1Br)C(C)C. The first-order valence-electron chi connectivity index (χ1n) is 6.29. The van der Waals surface area contributed by atoms with E-state index in [9.17, 15) is 14.0 Å². The lowest BCUT2D eigenvalue weighted by molar-refractivity contribution is -0.144. The topological polar surface area (TPSA) is 46.6 Å². The van der Waals surface area contributed by atoms with Gasteiger partial charge in [0, 0.05) is 10.5 Å². The van der Waals surface area contributed by atoms with Crippen LogP contribution in [0.3, 0.4) is 0 Å². The van der Waals surface area contributed by atoms with Crippen LogP contribution in [-0.2, 0) is 9.53 Å². The molecule has 1 aromatic rings. The summed E-state index contributed by atoms with van der Waals surface area (Å²) in [7, 11) is 0. The van der Waals surface area contributed by atoms with Gasteiger partial charge in [-0.3, -0.25) is 9.59 Å². The molecule has 0 aromatic heterocycles. The van der Waals surface area contributed by atoms with Crippen LogP contribution in [0.1, 0.15) is 31.1 Å². The number of carbonyl (C=O) groups is 2. The van der Waals surface area contributed by atoms with Gasteiger partial charge in [0.15, 0.2) is 0 Å². The molecule has 1 aromatic carbocycles. The lowest BCUT2D eigenvalue weighted by Crippen LogP contribution is -2.41. The normalized spacial score (nSPS) is 10.5. The van der Waals surface area contributed by atoms with E-state index in [0.29, 0.717) is 4.47 Å². The van der Waals surface area contributed by atoms with E-state index in [1.165, 1.54) is 17.0 Å². The molecule has 20 heavy (non-hydrogen) atoms. The largest absolute Gasteiger partial charge is 0.465 e. The molecule has 0 unspecified atom stereocenters. The highest BCUT2D eigenvalue weighted by molar-refractivity contribution is 9.10. The number of benzene rings is 1. The average Bonchev–Trinajstić information content (AvgIpc) is 2.35. The van der Waals surface area contributed by atoms with E-state index in [4.69, 9.17) is 4.74 Å². The Morgan fingerprint density at radius 2 is 2.05 bits per heavy atom. The molecule has 0 fully saturated rings. The zero-order valence-corrected chi connectivity index (χ0v) is 13.2. The molecule has 0 heterocycles. The molecule has 6 heteroatoms. The van der Waals surface area contributed by atoms with E-state index in [2.05, 4.69) is 15.9 Å². The Bertz CT molecular complexity index is 485. The van der Waals surface area contributed by atoms with Crippen molar-refractivity contribution in [2.75, 3.05) is 13.2 Å². The maximum Gasteiger partial charge on any atom is 0.325 e. The van der Waals surface area contributed by atoms with Gasteiger partial charge in [-0.15, -0.1) is 0 Å². The lowest BCUT2D eigenvalue weighted by Gasteiger charge is -2.26. The molecule has 0 aliphatic carbocycles. The van der Waals surface area contributed by atoms with Crippen LogP contribution in [0.15, 0.2) is 22.7 Å². The Balaban J connectivity index is 3.03. The molecule has 110 valence electrons. The Hall–Kier alpha value is -1.43. The van der Waals surface area contributed by atoms with Crippen LogP contribution in [0, 0.1) is 5.82 Å². The van der Waals surface area contributed by atoms with Crippen molar-refractivity contribution in [1.82, 2.24) is 4.90 Å². The Labute approximate surface area is 126 Å². The summed E-state index contributed by atoms with van der Waals surface area (Å²) >= 11 is 3.16. The number of hydrogen-bond donors (Lipinski definition) is 0. The van der Waals surface area contributed by atoms with E-state index in [0.717, 1.165) is 0 Å². The van der Waals surface area contributed by atoms with Crippen molar-refractivity contribution in [3.05, 3.63) is 34.1 Å². The second-order valence-corrected chi connectivity index (χ2v) is 5.28. The first-order valence-corrected chi connectivity index (χ1v) is 7.08. The summed E-state index contributed by atoms with van der Waals surface area (Å²) in [5.74, 6) is -1.68. The summed E-state index contributed by atoms with van der Waals surface area (Å²) in [5, 5.41) is 0. The Kier molecular flexibility index (Phi) is 6.13. The van der Waals surface area contributed by atoms with Crippen LogP contribution in [0.4, 0.5) is 4.39 Å². The van der Waals surface area contributed by atoms with E-state index < -0.39 is 17.7 Å². The molecule has 0 aliphatic rings. The molecule has 0 atom stereocenters. The highest BCUT2D eigenvalue weighted by atomic mass is 79.9. The molecule has 0 saturated carbocycles. The Morgan fingerprint density at radius 3 is 2.55 bits per heavy atom. The van der Waals surface area contributed by atoms with Gasteiger partial charge in [-0.2, -0.15) is 0 Å². The van der Waals surface area contributed by atoms with E-state index in [1.807, 2.05) is 0 Å². The van der Waals surface area contributed by atoms with Crippen LogP contribution in [0.2, 0.25) is 0 Å². The molecule has 1 amide bonds. The summed E-state index contributed by atoms with van der Waals surface area (Å²) in [6.07, 6.45) is 0. The van der Waals surface area contributed by atoms with E-state index >= 15 is 0 Å². The number of ether oxygens (including phenoxy) is 1. The summed E-state index contributed by atoms with van der Waals surface area (Å²) in [6, 6.07) is 4.04. The number of halogens is 2. The van der Waals surface area contributed by atoms with Crippen molar-refractivity contribution in [3.63, 3.8) is 0 Å². The van der Waals surface area contributed by atoms with Crippen molar-refractivity contribution in [2.45, 2.75) is 26.8 Å². The van der Waals surface area contributed by atoms with E-state index in [1.54, 1.807) is 26.8 Å². The summed E-state index contributed by atoms with van der Waals surface area (Å²) in [6.45, 7) is 5.23. The highest BCUT2D eigenvalue weighted by Gasteiger charge is 2.26. The molecule has 4 nitrogen and oxygen atoms in total. The van der Waals surface area contributed by atoms with Crippen LogP contribution in [0.25, 0.3) is 0 Å². The van der Waals surface area contributed by atoms with Gasteiger partial charge in [0.05, 0.1) is 12.2 Å². The highest BCUT2D eigenvalue weighted by Crippen LogP contribution is 2.22. The maximum absolute atomic E-state index is 13.8. The predicted molar refractivity (Wildman–Crippen MR) is 76.9 cm³/mol. The molecule has 0 bridgehead atoms. The monoisotopic (exact) mass is 345 g/mol. The maximum atomic E-state index is 13.8. The number of rotatable bonds is 5. The van der Waals surface area contributed by atoms with Gasteiger partial charge in [0.2, 0.25) is 0 Å². The standard InChI is InChI=1S/C14H17BrFNO3/c1-4-20-12(18)8-17(9(2)3)14(19)13-10(15)6-5-7-11(13)16/h5-7,9H,4,8H2,1-3H3. The lowest BCUT2D eigenvalue weighted by atomic mass is 10.1. The number of hydrogen-bond acceptors (Lipinski definition) is 3. The van der Waals surface area contributed by atoms with Crippen LogP contribution in [-0.4, -0.2) is 36.0 Å². The molecule has 0 radical (unpaired) electrons. The second kappa shape index (κ2) is 7.38. The fourth-order valence-electron chi connectivity index (χ4n) is 1.68. The number of carbonyl (C=O) groups excluding carboxylic acids is 2. The zero-order chi connectivity index (χ0) is 15.3. The average molecular weight is 346 g/mol. The van der Waals surface area contributed by atoms with Crippen molar-refractivity contribution in [3.8, 4) is 0 Å².